The maximum absolute atomic E-state index is 9.42. The van der Waals surface area contributed by atoms with Gasteiger partial charge in [-0.3, -0.25) is 4.79 Å². The number of hydrogen-bond acceptors (Lipinski definition) is 2. The monoisotopic (exact) mass is 172 g/mol. The number of allylic oxidation sites excluding steroid dienone is 1. The molecule has 0 aromatic carbocycles. The number of hydrogen-bond donors (Lipinski definition) is 0. The molecule has 0 saturated heterocycles. The average molecular weight is 173 g/mol. The predicted molar refractivity (Wildman–Crippen MR) is 23.1 cm³/mol. The van der Waals surface area contributed by atoms with Crippen molar-refractivity contribution in [3.8, 4) is 0 Å². The van der Waals surface area contributed by atoms with Crippen LogP contribution in [0.15, 0.2) is 10.7 Å². The molecule has 0 spiro atoms. The summed E-state index contributed by atoms with van der Waals surface area (Å²) in [5.41, 5.74) is 0. The van der Waals surface area contributed by atoms with Crippen molar-refractivity contribution in [3.05, 3.63) is 10.7 Å². The minimum atomic E-state index is 0. The fraction of sp³-hybridized carbons (Fsp3) is 0. The van der Waals surface area contributed by atoms with Gasteiger partial charge in [0.05, 0.1) is 0 Å². The van der Waals surface area contributed by atoms with Crippen molar-refractivity contribution in [1.29, 1.82) is 0 Å². The molecule has 0 saturated carbocycles. The van der Waals surface area contributed by atoms with E-state index < -0.39 is 0 Å². The molecule has 34 valence electrons. The molecule has 0 rings (SSSR count). The van der Waals surface area contributed by atoms with E-state index in [1.807, 2.05) is 0 Å². The summed E-state index contributed by atoms with van der Waals surface area (Å²) in [5.74, 6) is 0. The SMILES string of the molecule is O=C/C(Br)=C\[O-].[Na+]. The number of halogens is 1. The first kappa shape index (κ1) is 10.6. The van der Waals surface area contributed by atoms with E-state index in [-0.39, 0.29) is 34.0 Å². The van der Waals surface area contributed by atoms with Gasteiger partial charge in [-0.2, -0.15) is 0 Å². The quantitative estimate of drug-likeness (QED) is 0.181. The normalized spacial score (nSPS) is 9.57. The summed E-state index contributed by atoms with van der Waals surface area (Å²) in [5, 5.41) is 9.42. The maximum atomic E-state index is 9.42. The Morgan fingerprint density at radius 2 is 2.14 bits per heavy atom. The average Bonchev–Trinajstić information content (AvgIpc) is 1.65. The van der Waals surface area contributed by atoms with E-state index in [1.165, 1.54) is 0 Å². The van der Waals surface area contributed by atoms with Crippen LogP contribution >= 0.6 is 15.9 Å². The minimum absolute atomic E-state index is 0. The topological polar surface area (TPSA) is 40.1 Å². The molecule has 0 amide bonds. The van der Waals surface area contributed by atoms with E-state index in [2.05, 4.69) is 15.9 Å². The Morgan fingerprint density at radius 3 is 2.14 bits per heavy atom. The molecule has 0 fully saturated rings. The van der Waals surface area contributed by atoms with Gasteiger partial charge in [0, 0.05) is 4.48 Å². The van der Waals surface area contributed by atoms with Gasteiger partial charge >= 0.3 is 29.6 Å². The third-order valence-electron chi connectivity index (χ3n) is 0.225. The molecule has 4 heteroatoms. The van der Waals surface area contributed by atoms with E-state index >= 15 is 0 Å². The number of carbonyl (C=O) groups is 1. The van der Waals surface area contributed by atoms with E-state index in [0.717, 1.165) is 0 Å². The summed E-state index contributed by atoms with van der Waals surface area (Å²) in [6, 6.07) is 0. The first-order chi connectivity index (χ1) is 2.81. The first-order valence-electron chi connectivity index (χ1n) is 1.24. The Balaban J connectivity index is 0. The fourth-order valence-electron chi connectivity index (χ4n) is 0.0278. The van der Waals surface area contributed by atoms with Crippen molar-refractivity contribution >= 4 is 22.2 Å². The molecule has 0 aliphatic rings. The summed E-state index contributed by atoms with van der Waals surface area (Å²) < 4.78 is 0.0440. The molecule has 7 heavy (non-hydrogen) atoms. The van der Waals surface area contributed by atoms with Crippen LogP contribution in [0.3, 0.4) is 0 Å². The predicted octanol–water partition coefficient (Wildman–Crippen LogP) is -3.21. The maximum Gasteiger partial charge on any atom is 1.00 e. The van der Waals surface area contributed by atoms with Gasteiger partial charge in [-0.25, -0.2) is 0 Å². The molecule has 0 N–H and O–H groups in total. The van der Waals surface area contributed by atoms with Gasteiger partial charge in [-0.1, -0.05) is 0 Å². The number of carbonyl (C=O) groups excluding carboxylic acids is 1. The van der Waals surface area contributed by atoms with E-state index in [4.69, 9.17) is 0 Å². The summed E-state index contributed by atoms with van der Waals surface area (Å²) in [4.78, 5) is 9.42. The van der Waals surface area contributed by atoms with Crippen LogP contribution in [0.2, 0.25) is 0 Å². The molecule has 0 unspecified atom stereocenters. The molecule has 0 heterocycles. The summed E-state index contributed by atoms with van der Waals surface area (Å²) in [7, 11) is 0. The molecular formula is C3H2BrNaO2. The third-order valence-corrected chi connectivity index (χ3v) is 0.599. The molecular weight excluding hydrogens is 171 g/mol. The summed E-state index contributed by atoms with van der Waals surface area (Å²) in [6.07, 6.45) is 0.875. The molecule has 0 bridgehead atoms. The van der Waals surface area contributed by atoms with Crippen LogP contribution in [0.25, 0.3) is 0 Å². The molecule has 0 aliphatic heterocycles. The van der Waals surface area contributed by atoms with Crippen LogP contribution in [0.5, 0.6) is 0 Å². The smallest absolute Gasteiger partial charge is 0.877 e. The van der Waals surface area contributed by atoms with Crippen molar-refractivity contribution in [2.24, 2.45) is 0 Å². The Kier molecular flexibility index (Phi) is 10.2. The van der Waals surface area contributed by atoms with Crippen molar-refractivity contribution in [2.75, 3.05) is 0 Å². The summed E-state index contributed by atoms with van der Waals surface area (Å²) >= 11 is 2.66. The zero-order chi connectivity index (χ0) is 4.99. The number of rotatable bonds is 1. The van der Waals surface area contributed by atoms with Crippen molar-refractivity contribution in [3.63, 3.8) is 0 Å². The van der Waals surface area contributed by atoms with Gasteiger partial charge in [0.25, 0.3) is 0 Å². The van der Waals surface area contributed by atoms with Crippen LogP contribution < -0.4 is 34.7 Å². The zero-order valence-corrected chi connectivity index (χ0v) is 7.44. The molecule has 0 aromatic heterocycles. The molecule has 0 atom stereocenters. The van der Waals surface area contributed by atoms with Crippen LogP contribution in [-0.4, -0.2) is 6.29 Å². The van der Waals surface area contributed by atoms with Gasteiger partial charge in [0.1, 0.15) is 0 Å². The van der Waals surface area contributed by atoms with Crippen molar-refractivity contribution in [2.45, 2.75) is 0 Å². The van der Waals surface area contributed by atoms with Crippen LogP contribution in [0, 0.1) is 0 Å². The van der Waals surface area contributed by atoms with Gasteiger partial charge in [-0.15, -0.1) is 6.26 Å². The Morgan fingerprint density at radius 1 is 1.71 bits per heavy atom. The molecule has 0 aromatic rings. The number of aldehydes is 1. The standard InChI is InChI=1S/C3H3BrO2.Na/c4-3(1-5)2-6;/h1-2,5H;/q;+1/p-1/b3-1+;. The zero-order valence-electron chi connectivity index (χ0n) is 3.85. The second-order valence-corrected chi connectivity index (χ2v) is 1.54. The van der Waals surface area contributed by atoms with Crippen molar-refractivity contribution in [1.82, 2.24) is 0 Å². The molecule has 0 aliphatic carbocycles. The summed E-state index contributed by atoms with van der Waals surface area (Å²) in [6.45, 7) is 0. The third kappa shape index (κ3) is 6.69. The van der Waals surface area contributed by atoms with Gasteiger partial charge in [-0.05, 0) is 15.9 Å². The van der Waals surface area contributed by atoms with E-state index in [0.29, 0.717) is 12.5 Å². The first-order valence-corrected chi connectivity index (χ1v) is 2.03. The van der Waals surface area contributed by atoms with Crippen LogP contribution in [0.1, 0.15) is 0 Å². The Labute approximate surface area is 72.0 Å². The second-order valence-electron chi connectivity index (χ2n) is 0.621. The van der Waals surface area contributed by atoms with Gasteiger partial charge in [0.2, 0.25) is 0 Å². The van der Waals surface area contributed by atoms with Crippen LogP contribution in [-0.2, 0) is 4.79 Å². The van der Waals surface area contributed by atoms with Crippen molar-refractivity contribution < 1.29 is 39.5 Å². The van der Waals surface area contributed by atoms with E-state index in [9.17, 15) is 9.90 Å². The Hall–Kier alpha value is 0.690. The van der Waals surface area contributed by atoms with Gasteiger partial charge < -0.3 is 5.11 Å². The van der Waals surface area contributed by atoms with E-state index in [1.54, 1.807) is 0 Å². The largest absolute Gasteiger partial charge is 1.00 e. The van der Waals surface area contributed by atoms with Crippen LogP contribution in [0.4, 0.5) is 0 Å². The van der Waals surface area contributed by atoms with Gasteiger partial charge in [0.15, 0.2) is 6.29 Å². The fourth-order valence-corrected chi connectivity index (χ4v) is 0.0278. The molecule has 2 nitrogen and oxygen atoms in total. The minimum Gasteiger partial charge on any atom is -0.877 e. The second kappa shape index (κ2) is 6.69. The Bertz CT molecular complexity index is 81.0. The molecule has 0 radical (unpaired) electrons.